The van der Waals surface area contributed by atoms with Gasteiger partial charge in [0, 0.05) is 12.0 Å². The molecule has 0 aliphatic carbocycles. The van der Waals surface area contributed by atoms with E-state index in [2.05, 4.69) is 26.0 Å². The maximum Gasteiger partial charge on any atom is 0.310 e. The zero-order chi connectivity index (χ0) is 16.8. The number of benzene rings is 2. The molecule has 2 aromatic rings. The van der Waals surface area contributed by atoms with Crippen LogP contribution in [-0.2, 0) is 17.8 Å². The Morgan fingerprint density at radius 3 is 2.48 bits per heavy atom. The van der Waals surface area contributed by atoms with Crippen LogP contribution in [0.1, 0.15) is 42.5 Å². The average molecular weight is 312 g/mol. The molecule has 0 unspecified atom stereocenters. The van der Waals surface area contributed by atoms with E-state index in [1.54, 1.807) is 6.92 Å². The van der Waals surface area contributed by atoms with Gasteiger partial charge in [-0.2, -0.15) is 0 Å². The minimum absolute atomic E-state index is 0.236. The normalized spacial score (nSPS) is 10.4. The monoisotopic (exact) mass is 312 g/mol. The smallest absolute Gasteiger partial charge is 0.310 e. The number of rotatable bonds is 6. The van der Waals surface area contributed by atoms with Crippen LogP contribution in [0.3, 0.4) is 0 Å². The molecule has 0 saturated heterocycles. The van der Waals surface area contributed by atoms with Gasteiger partial charge < -0.3 is 9.47 Å². The van der Waals surface area contributed by atoms with Gasteiger partial charge in [-0.1, -0.05) is 32.0 Å². The minimum atomic E-state index is -0.236. The number of carbonyl (C=O) groups excluding carboxylic acids is 1. The van der Waals surface area contributed by atoms with Crippen molar-refractivity contribution in [1.29, 1.82) is 0 Å². The van der Waals surface area contributed by atoms with Gasteiger partial charge >= 0.3 is 5.97 Å². The number of ether oxygens (including phenoxy) is 2. The molecule has 3 nitrogen and oxygen atoms in total. The van der Waals surface area contributed by atoms with E-state index in [9.17, 15) is 4.79 Å². The van der Waals surface area contributed by atoms with Crippen LogP contribution in [0.25, 0.3) is 0 Å². The van der Waals surface area contributed by atoms with Gasteiger partial charge in [0.25, 0.3) is 0 Å². The molecule has 122 valence electrons. The van der Waals surface area contributed by atoms with Crippen molar-refractivity contribution in [2.45, 2.75) is 47.1 Å². The van der Waals surface area contributed by atoms with Gasteiger partial charge in [0.2, 0.25) is 0 Å². The second-order valence-electron chi connectivity index (χ2n) is 5.61. The molecule has 2 rings (SSSR count). The number of esters is 1. The Morgan fingerprint density at radius 2 is 1.83 bits per heavy atom. The average Bonchev–Trinajstić information content (AvgIpc) is 2.54. The highest BCUT2D eigenvalue weighted by atomic mass is 16.5. The maximum absolute atomic E-state index is 11.6. The SMILES string of the molecule is CCC(=O)Oc1cccc(C)c1COc1ccc(CC)c(C)c1. The van der Waals surface area contributed by atoms with Crippen molar-refractivity contribution in [2.75, 3.05) is 0 Å². The van der Waals surface area contributed by atoms with Crippen molar-refractivity contribution < 1.29 is 14.3 Å². The molecule has 0 aliphatic rings. The molecule has 0 spiro atoms. The van der Waals surface area contributed by atoms with Crippen LogP contribution in [-0.4, -0.2) is 5.97 Å². The highest BCUT2D eigenvalue weighted by molar-refractivity contribution is 5.72. The largest absolute Gasteiger partial charge is 0.489 e. The van der Waals surface area contributed by atoms with E-state index in [1.807, 2.05) is 31.2 Å². The molecule has 3 heteroatoms. The lowest BCUT2D eigenvalue weighted by molar-refractivity contribution is -0.134. The predicted octanol–water partition coefficient (Wildman–Crippen LogP) is 4.76. The number of hydrogen-bond acceptors (Lipinski definition) is 3. The van der Waals surface area contributed by atoms with Crippen molar-refractivity contribution >= 4 is 5.97 Å². The molecule has 0 fully saturated rings. The lowest BCUT2D eigenvalue weighted by Gasteiger charge is -2.14. The third-order valence-electron chi connectivity index (χ3n) is 3.96. The lowest BCUT2D eigenvalue weighted by Crippen LogP contribution is -2.09. The van der Waals surface area contributed by atoms with Crippen LogP contribution in [0.2, 0.25) is 0 Å². The van der Waals surface area contributed by atoms with Gasteiger partial charge in [0.1, 0.15) is 18.1 Å². The Bertz CT molecular complexity index is 689. The summed E-state index contributed by atoms with van der Waals surface area (Å²) >= 11 is 0. The Hall–Kier alpha value is -2.29. The molecular formula is C20H24O3. The standard InChI is InChI=1S/C20H24O3/c1-5-16-10-11-17(12-15(16)4)22-13-18-14(3)8-7-9-19(18)23-20(21)6-2/h7-12H,5-6,13H2,1-4H3. The van der Waals surface area contributed by atoms with Crippen LogP contribution >= 0.6 is 0 Å². The van der Waals surface area contributed by atoms with Gasteiger partial charge in [-0.15, -0.1) is 0 Å². The molecule has 0 saturated carbocycles. The van der Waals surface area contributed by atoms with Crippen LogP contribution in [0.5, 0.6) is 11.5 Å². The second kappa shape index (κ2) is 7.82. The van der Waals surface area contributed by atoms with Gasteiger partial charge in [0.05, 0.1) is 0 Å². The quantitative estimate of drug-likeness (QED) is 0.570. The summed E-state index contributed by atoms with van der Waals surface area (Å²) in [6, 6.07) is 11.8. The van der Waals surface area contributed by atoms with Crippen LogP contribution < -0.4 is 9.47 Å². The molecule has 0 amide bonds. The molecular weight excluding hydrogens is 288 g/mol. The van der Waals surface area contributed by atoms with E-state index in [0.717, 1.165) is 23.3 Å². The van der Waals surface area contributed by atoms with Crippen molar-refractivity contribution in [3.63, 3.8) is 0 Å². The third kappa shape index (κ3) is 4.35. The molecule has 0 atom stereocenters. The fraction of sp³-hybridized carbons (Fsp3) is 0.350. The van der Waals surface area contributed by atoms with Crippen molar-refractivity contribution in [3.05, 3.63) is 58.7 Å². The Kier molecular flexibility index (Phi) is 5.80. The fourth-order valence-corrected chi connectivity index (χ4v) is 2.46. The predicted molar refractivity (Wildman–Crippen MR) is 92.0 cm³/mol. The summed E-state index contributed by atoms with van der Waals surface area (Å²) in [5, 5.41) is 0. The fourth-order valence-electron chi connectivity index (χ4n) is 2.46. The summed E-state index contributed by atoms with van der Waals surface area (Å²) in [5.41, 5.74) is 4.51. The molecule has 0 bridgehead atoms. The minimum Gasteiger partial charge on any atom is -0.489 e. The highest BCUT2D eigenvalue weighted by Gasteiger charge is 2.11. The summed E-state index contributed by atoms with van der Waals surface area (Å²) in [5.74, 6) is 1.18. The lowest BCUT2D eigenvalue weighted by atomic mass is 10.1. The van der Waals surface area contributed by atoms with E-state index < -0.39 is 0 Å². The Balaban J connectivity index is 2.16. The Morgan fingerprint density at radius 1 is 1.04 bits per heavy atom. The van der Waals surface area contributed by atoms with E-state index >= 15 is 0 Å². The first-order valence-corrected chi connectivity index (χ1v) is 8.06. The molecule has 0 aliphatic heterocycles. The highest BCUT2D eigenvalue weighted by Crippen LogP contribution is 2.25. The summed E-state index contributed by atoms with van der Waals surface area (Å²) in [4.78, 5) is 11.6. The number of hydrogen-bond donors (Lipinski definition) is 0. The second-order valence-corrected chi connectivity index (χ2v) is 5.61. The molecule has 0 N–H and O–H groups in total. The number of carbonyl (C=O) groups is 1. The molecule has 2 aromatic carbocycles. The van der Waals surface area contributed by atoms with E-state index in [-0.39, 0.29) is 5.97 Å². The van der Waals surface area contributed by atoms with Gasteiger partial charge in [0.15, 0.2) is 0 Å². The molecule has 23 heavy (non-hydrogen) atoms. The first kappa shape index (κ1) is 17.1. The summed E-state index contributed by atoms with van der Waals surface area (Å²) in [6.07, 6.45) is 1.37. The molecule has 0 heterocycles. The first-order chi connectivity index (χ1) is 11.0. The summed E-state index contributed by atoms with van der Waals surface area (Å²) in [7, 11) is 0. The van der Waals surface area contributed by atoms with E-state index in [0.29, 0.717) is 18.8 Å². The molecule has 0 radical (unpaired) electrons. The summed E-state index contributed by atoms with van der Waals surface area (Å²) < 4.78 is 11.3. The topological polar surface area (TPSA) is 35.5 Å². The molecule has 0 aromatic heterocycles. The third-order valence-corrected chi connectivity index (χ3v) is 3.96. The van der Waals surface area contributed by atoms with Crippen LogP contribution in [0.4, 0.5) is 0 Å². The maximum atomic E-state index is 11.6. The first-order valence-electron chi connectivity index (χ1n) is 8.06. The summed E-state index contributed by atoms with van der Waals surface area (Å²) in [6.45, 7) is 8.39. The van der Waals surface area contributed by atoms with Gasteiger partial charge in [-0.05, 0) is 55.2 Å². The number of aryl methyl sites for hydroxylation is 3. The van der Waals surface area contributed by atoms with Crippen molar-refractivity contribution in [1.82, 2.24) is 0 Å². The zero-order valence-corrected chi connectivity index (χ0v) is 14.3. The van der Waals surface area contributed by atoms with Crippen molar-refractivity contribution in [3.8, 4) is 11.5 Å². The van der Waals surface area contributed by atoms with Gasteiger partial charge in [-0.25, -0.2) is 0 Å². The van der Waals surface area contributed by atoms with Gasteiger partial charge in [-0.3, -0.25) is 4.79 Å². The zero-order valence-electron chi connectivity index (χ0n) is 14.3. The van der Waals surface area contributed by atoms with Crippen LogP contribution in [0, 0.1) is 13.8 Å². The van der Waals surface area contributed by atoms with E-state index in [4.69, 9.17) is 9.47 Å². The van der Waals surface area contributed by atoms with Crippen molar-refractivity contribution in [2.24, 2.45) is 0 Å². The Labute approximate surface area is 138 Å². The van der Waals surface area contributed by atoms with Crippen LogP contribution in [0.15, 0.2) is 36.4 Å². The van der Waals surface area contributed by atoms with E-state index in [1.165, 1.54) is 11.1 Å².